The first-order valence-corrected chi connectivity index (χ1v) is 13.0. The molecule has 3 heterocycles. The van der Waals surface area contributed by atoms with Gasteiger partial charge in [-0.15, -0.1) is 0 Å². The van der Waals surface area contributed by atoms with E-state index in [9.17, 15) is 32.8 Å². The van der Waals surface area contributed by atoms with Crippen LogP contribution in [0.2, 0.25) is 5.02 Å². The molecule has 14 heteroatoms. The Morgan fingerprint density at radius 2 is 1.93 bits per heavy atom. The lowest BCUT2D eigenvalue weighted by Crippen LogP contribution is -2.56. The highest BCUT2D eigenvalue weighted by molar-refractivity contribution is 6.31. The molecule has 3 amide bonds. The number of nitrogens with zero attached hydrogens (tertiary/aromatic N) is 5. The van der Waals surface area contributed by atoms with E-state index in [2.05, 4.69) is 15.3 Å². The quantitative estimate of drug-likeness (QED) is 0.438. The van der Waals surface area contributed by atoms with Crippen molar-refractivity contribution in [3.05, 3.63) is 83.0 Å². The highest BCUT2D eigenvalue weighted by Crippen LogP contribution is 2.39. The number of alkyl halides is 2. The SMILES string of the molecule is N#Cc1ccnc(N2C(=O)CC[C@H]2C(=O)N(c2cncc(F)c2)[C@H](C(=O)NC2CC(F)(F)C2)c2ccccc2Cl)c1.O. The van der Waals surface area contributed by atoms with Gasteiger partial charge in [-0.3, -0.25) is 29.2 Å². The van der Waals surface area contributed by atoms with Gasteiger partial charge in [0, 0.05) is 48.2 Å². The van der Waals surface area contributed by atoms with Crippen LogP contribution in [0.5, 0.6) is 0 Å². The molecule has 2 aromatic heterocycles. The molecular weight excluding hydrogens is 577 g/mol. The Kier molecular flexibility index (Phi) is 8.79. The van der Waals surface area contributed by atoms with Gasteiger partial charge in [0.25, 0.3) is 11.8 Å². The van der Waals surface area contributed by atoms with E-state index < -0.39 is 60.4 Å². The topological polar surface area (TPSA) is 151 Å². The summed E-state index contributed by atoms with van der Waals surface area (Å²) in [5.41, 5.74) is 0.237. The lowest BCUT2D eigenvalue weighted by molar-refractivity contribution is -0.133. The number of rotatable bonds is 7. The number of nitrogens with one attached hydrogen (secondary N) is 1. The maximum atomic E-state index is 14.4. The largest absolute Gasteiger partial charge is 0.412 e. The third kappa shape index (κ3) is 6.05. The van der Waals surface area contributed by atoms with E-state index in [0.717, 1.165) is 22.1 Å². The molecule has 0 radical (unpaired) electrons. The monoisotopic (exact) mass is 600 g/mol. The standard InChI is InChI=1S/C28H22ClF3N6O3.H2O/c29-21-4-2-1-3-20(21)25(26(40)36-18-11-28(31,32)12-18)37(19-10-17(30)14-34-15-19)27(41)22-5-6-24(39)38(22)23-9-16(13-33)7-8-35-23;/h1-4,7-10,14-15,18,22,25H,5-6,11-12H2,(H,36,40);1H2/t22-,25-;/m0./s1. The van der Waals surface area contributed by atoms with Crippen LogP contribution in [-0.2, 0) is 14.4 Å². The lowest BCUT2D eigenvalue weighted by Gasteiger charge is -2.39. The van der Waals surface area contributed by atoms with Gasteiger partial charge in [-0.2, -0.15) is 5.26 Å². The number of benzene rings is 1. The van der Waals surface area contributed by atoms with Gasteiger partial charge in [-0.25, -0.2) is 18.2 Å². The molecule has 218 valence electrons. The summed E-state index contributed by atoms with van der Waals surface area (Å²) in [5.74, 6) is -5.73. The molecule has 0 unspecified atom stereocenters. The Labute approximate surface area is 243 Å². The summed E-state index contributed by atoms with van der Waals surface area (Å²) in [4.78, 5) is 51.2. The first-order valence-electron chi connectivity index (χ1n) is 12.6. The summed E-state index contributed by atoms with van der Waals surface area (Å²) < 4.78 is 41.6. The fourth-order valence-corrected chi connectivity index (χ4v) is 5.30. The molecule has 0 bridgehead atoms. The van der Waals surface area contributed by atoms with Gasteiger partial charge in [-0.1, -0.05) is 29.8 Å². The van der Waals surface area contributed by atoms with E-state index in [1.54, 1.807) is 12.1 Å². The molecule has 5 rings (SSSR count). The van der Waals surface area contributed by atoms with E-state index in [0.29, 0.717) is 0 Å². The Morgan fingerprint density at radius 3 is 2.60 bits per heavy atom. The number of aromatic nitrogens is 2. The van der Waals surface area contributed by atoms with Crippen LogP contribution < -0.4 is 15.1 Å². The number of halogens is 4. The summed E-state index contributed by atoms with van der Waals surface area (Å²) in [5, 5.41) is 12.0. The van der Waals surface area contributed by atoms with Gasteiger partial charge in [0.15, 0.2) is 0 Å². The molecule has 2 atom stereocenters. The minimum Gasteiger partial charge on any atom is -0.412 e. The molecule has 2 fully saturated rings. The summed E-state index contributed by atoms with van der Waals surface area (Å²) in [6.07, 6.45) is 2.25. The Morgan fingerprint density at radius 1 is 1.19 bits per heavy atom. The van der Waals surface area contributed by atoms with E-state index >= 15 is 0 Å². The van der Waals surface area contributed by atoms with E-state index in [-0.39, 0.29) is 46.0 Å². The predicted octanol–water partition coefficient (Wildman–Crippen LogP) is 3.50. The van der Waals surface area contributed by atoms with Crippen molar-refractivity contribution in [2.75, 3.05) is 9.80 Å². The van der Waals surface area contributed by atoms with Gasteiger partial charge < -0.3 is 10.8 Å². The average molecular weight is 601 g/mol. The minimum atomic E-state index is -2.92. The zero-order valence-corrected chi connectivity index (χ0v) is 22.6. The van der Waals surface area contributed by atoms with Crippen molar-refractivity contribution in [1.82, 2.24) is 15.3 Å². The summed E-state index contributed by atoms with van der Waals surface area (Å²) >= 11 is 6.47. The molecule has 1 aromatic carbocycles. The van der Waals surface area contributed by atoms with Crippen LogP contribution in [-0.4, -0.2) is 51.2 Å². The predicted molar refractivity (Wildman–Crippen MR) is 145 cm³/mol. The third-order valence-corrected chi connectivity index (χ3v) is 7.31. The zero-order chi connectivity index (χ0) is 29.3. The highest BCUT2D eigenvalue weighted by Gasteiger charge is 2.48. The Bertz CT molecular complexity index is 1560. The second-order valence-electron chi connectivity index (χ2n) is 9.80. The molecular formula is C28H24ClF3N6O4. The summed E-state index contributed by atoms with van der Waals surface area (Å²) in [6, 6.07) is 8.32. The zero-order valence-electron chi connectivity index (χ0n) is 21.8. The number of hydrogen-bond acceptors (Lipinski definition) is 6. The van der Waals surface area contributed by atoms with Crippen molar-refractivity contribution < 1.29 is 33.0 Å². The number of carbonyl (C=O) groups is 3. The van der Waals surface area contributed by atoms with Crippen molar-refractivity contribution in [2.45, 2.75) is 49.7 Å². The fraction of sp³-hybridized carbons (Fsp3) is 0.286. The van der Waals surface area contributed by atoms with Crippen molar-refractivity contribution >= 4 is 40.8 Å². The van der Waals surface area contributed by atoms with Gasteiger partial charge in [-0.05, 0) is 24.6 Å². The number of carbonyl (C=O) groups excluding carboxylic acids is 3. The van der Waals surface area contributed by atoms with E-state index in [1.165, 1.54) is 36.7 Å². The molecule has 2 aliphatic rings. The summed E-state index contributed by atoms with van der Waals surface area (Å²) in [7, 11) is 0. The van der Waals surface area contributed by atoms with Crippen LogP contribution in [0.4, 0.5) is 24.7 Å². The highest BCUT2D eigenvalue weighted by atomic mass is 35.5. The Hall–Kier alpha value is -4.54. The van der Waals surface area contributed by atoms with Gasteiger partial charge in [0.1, 0.15) is 23.7 Å². The fourth-order valence-electron chi connectivity index (χ4n) is 5.06. The number of anilines is 2. The van der Waals surface area contributed by atoms with E-state index in [4.69, 9.17) is 11.6 Å². The molecule has 0 spiro atoms. The molecule has 1 saturated heterocycles. The maximum Gasteiger partial charge on any atom is 0.252 e. The van der Waals surface area contributed by atoms with Crippen LogP contribution >= 0.6 is 11.6 Å². The second kappa shape index (κ2) is 12.1. The van der Waals surface area contributed by atoms with Crippen LogP contribution in [0.15, 0.2) is 61.1 Å². The van der Waals surface area contributed by atoms with E-state index in [1.807, 2.05) is 6.07 Å². The maximum absolute atomic E-state index is 14.4. The normalized spacial score (nSPS) is 18.3. The van der Waals surface area contributed by atoms with Gasteiger partial charge >= 0.3 is 0 Å². The molecule has 42 heavy (non-hydrogen) atoms. The van der Waals surface area contributed by atoms with Gasteiger partial charge in [0.05, 0.1) is 29.7 Å². The number of pyridine rings is 2. The average Bonchev–Trinajstić information content (AvgIpc) is 3.32. The minimum absolute atomic E-state index is 0. The molecule has 1 aliphatic carbocycles. The van der Waals surface area contributed by atoms with Crippen molar-refractivity contribution in [3.8, 4) is 6.07 Å². The first kappa shape index (κ1) is 30.4. The molecule has 1 aliphatic heterocycles. The number of amides is 3. The smallest absolute Gasteiger partial charge is 0.252 e. The van der Waals surface area contributed by atoms with Crippen LogP contribution in [0, 0.1) is 17.1 Å². The van der Waals surface area contributed by atoms with Crippen molar-refractivity contribution in [2.24, 2.45) is 0 Å². The van der Waals surface area contributed by atoms with Crippen LogP contribution in [0.3, 0.4) is 0 Å². The second-order valence-corrected chi connectivity index (χ2v) is 10.2. The van der Waals surface area contributed by atoms with Crippen LogP contribution in [0.25, 0.3) is 0 Å². The number of nitriles is 1. The number of hydrogen-bond donors (Lipinski definition) is 1. The summed E-state index contributed by atoms with van der Waals surface area (Å²) in [6.45, 7) is 0. The van der Waals surface area contributed by atoms with Crippen molar-refractivity contribution in [1.29, 1.82) is 5.26 Å². The molecule has 3 aromatic rings. The molecule has 3 N–H and O–H groups in total. The van der Waals surface area contributed by atoms with Gasteiger partial charge in [0.2, 0.25) is 11.8 Å². The lowest BCUT2D eigenvalue weighted by atomic mass is 9.87. The molecule has 10 nitrogen and oxygen atoms in total. The van der Waals surface area contributed by atoms with Crippen molar-refractivity contribution in [3.63, 3.8) is 0 Å². The van der Waals surface area contributed by atoms with Crippen LogP contribution in [0.1, 0.15) is 42.9 Å². The third-order valence-electron chi connectivity index (χ3n) is 6.97. The Balaban J connectivity index is 0.00000405. The first-order chi connectivity index (χ1) is 19.6. The molecule has 1 saturated carbocycles.